The van der Waals surface area contributed by atoms with E-state index in [4.69, 9.17) is 5.73 Å². The predicted molar refractivity (Wildman–Crippen MR) is 100 cm³/mol. The zero-order chi connectivity index (χ0) is 16.8. The van der Waals surface area contributed by atoms with Crippen molar-refractivity contribution in [1.29, 1.82) is 0 Å². The van der Waals surface area contributed by atoms with E-state index >= 15 is 0 Å². The first-order chi connectivity index (χ1) is 11.0. The van der Waals surface area contributed by atoms with Crippen LogP contribution in [0.3, 0.4) is 0 Å². The number of guanidine groups is 1. The molecule has 0 saturated carbocycles. The van der Waals surface area contributed by atoms with E-state index in [9.17, 15) is 0 Å². The van der Waals surface area contributed by atoms with Gasteiger partial charge in [-0.3, -0.25) is 0 Å². The summed E-state index contributed by atoms with van der Waals surface area (Å²) in [6.07, 6.45) is 1.00. The van der Waals surface area contributed by atoms with Gasteiger partial charge in [0, 0.05) is 25.5 Å². The fourth-order valence-corrected chi connectivity index (χ4v) is 2.36. The second-order valence-corrected chi connectivity index (χ2v) is 5.89. The zero-order valence-electron chi connectivity index (χ0n) is 14.4. The van der Waals surface area contributed by atoms with E-state index in [2.05, 4.69) is 59.4 Å². The summed E-state index contributed by atoms with van der Waals surface area (Å²) in [5.41, 5.74) is 11.9. The Bertz CT molecular complexity index is 690. The third-order valence-corrected chi connectivity index (χ3v) is 3.87. The summed E-state index contributed by atoms with van der Waals surface area (Å²) in [6, 6.07) is 14.6. The molecule has 0 bridgehead atoms. The van der Waals surface area contributed by atoms with Crippen molar-refractivity contribution < 1.29 is 0 Å². The van der Waals surface area contributed by atoms with E-state index in [0.717, 1.165) is 12.1 Å². The Morgan fingerprint density at radius 1 is 1.17 bits per heavy atom. The fourth-order valence-electron chi connectivity index (χ4n) is 2.36. The molecule has 23 heavy (non-hydrogen) atoms. The Morgan fingerprint density at radius 2 is 1.96 bits per heavy atom. The molecule has 0 fully saturated rings. The first-order valence-electron chi connectivity index (χ1n) is 7.92. The van der Waals surface area contributed by atoms with Gasteiger partial charge in [-0.25, -0.2) is 4.99 Å². The molecule has 0 aliphatic rings. The summed E-state index contributed by atoms with van der Waals surface area (Å²) in [5.74, 6) is 0.439. The van der Waals surface area contributed by atoms with Crippen molar-refractivity contribution in [3.8, 4) is 0 Å². The second-order valence-electron chi connectivity index (χ2n) is 5.89. The van der Waals surface area contributed by atoms with Crippen molar-refractivity contribution in [3.05, 3.63) is 59.2 Å². The molecule has 2 rings (SSSR count). The van der Waals surface area contributed by atoms with Crippen LogP contribution in [0.1, 0.15) is 23.6 Å². The molecule has 0 saturated heterocycles. The SMILES string of the molecule is CCc1cccc(NC(N)=NCc2ccc(N(C)C)cc2C)c1. The average molecular weight is 310 g/mol. The van der Waals surface area contributed by atoms with Crippen molar-refractivity contribution in [3.63, 3.8) is 0 Å². The number of aryl methyl sites for hydroxylation is 2. The van der Waals surface area contributed by atoms with Crippen LogP contribution in [0.2, 0.25) is 0 Å². The van der Waals surface area contributed by atoms with Crippen molar-refractivity contribution in [1.82, 2.24) is 0 Å². The normalized spacial score (nSPS) is 11.4. The van der Waals surface area contributed by atoms with Crippen LogP contribution in [0.5, 0.6) is 0 Å². The highest BCUT2D eigenvalue weighted by molar-refractivity contribution is 5.92. The standard InChI is InChI=1S/C19H26N4/c1-5-15-7-6-8-17(12-15)22-19(20)21-13-16-9-10-18(23(3)4)11-14(16)2/h6-12H,5,13H2,1-4H3,(H3,20,21,22). The highest BCUT2D eigenvalue weighted by Gasteiger charge is 2.02. The van der Waals surface area contributed by atoms with E-state index in [1.165, 1.54) is 22.4 Å². The van der Waals surface area contributed by atoms with E-state index < -0.39 is 0 Å². The van der Waals surface area contributed by atoms with Gasteiger partial charge in [-0.05, 0) is 54.3 Å². The molecule has 4 heteroatoms. The fraction of sp³-hybridized carbons (Fsp3) is 0.316. The number of nitrogens with zero attached hydrogens (tertiary/aromatic N) is 2. The number of hydrogen-bond acceptors (Lipinski definition) is 2. The van der Waals surface area contributed by atoms with Crippen LogP contribution in [0.25, 0.3) is 0 Å². The van der Waals surface area contributed by atoms with Gasteiger partial charge in [0.25, 0.3) is 0 Å². The maximum absolute atomic E-state index is 6.00. The topological polar surface area (TPSA) is 53.6 Å². The van der Waals surface area contributed by atoms with E-state index in [-0.39, 0.29) is 0 Å². The first kappa shape index (κ1) is 16.9. The first-order valence-corrected chi connectivity index (χ1v) is 7.92. The van der Waals surface area contributed by atoms with Gasteiger partial charge in [0.2, 0.25) is 0 Å². The van der Waals surface area contributed by atoms with Crippen LogP contribution >= 0.6 is 0 Å². The maximum atomic E-state index is 6.00. The Hall–Kier alpha value is -2.49. The molecular formula is C19H26N4. The van der Waals surface area contributed by atoms with Gasteiger partial charge in [-0.2, -0.15) is 0 Å². The molecule has 3 N–H and O–H groups in total. The lowest BCUT2D eigenvalue weighted by Gasteiger charge is -2.14. The second kappa shape index (κ2) is 7.68. The lowest BCUT2D eigenvalue weighted by atomic mass is 10.1. The highest BCUT2D eigenvalue weighted by atomic mass is 15.1. The molecule has 0 radical (unpaired) electrons. The number of hydrogen-bond donors (Lipinski definition) is 2. The molecule has 2 aromatic rings. The summed E-state index contributed by atoms with van der Waals surface area (Å²) in [7, 11) is 4.08. The molecule has 0 amide bonds. The molecule has 0 aliphatic heterocycles. The van der Waals surface area contributed by atoms with E-state index in [1.54, 1.807) is 0 Å². The maximum Gasteiger partial charge on any atom is 0.193 e. The van der Waals surface area contributed by atoms with Crippen molar-refractivity contribution in [2.45, 2.75) is 26.8 Å². The third-order valence-electron chi connectivity index (χ3n) is 3.87. The van der Waals surface area contributed by atoms with Gasteiger partial charge >= 0.3 is 0 Å². The van der Waals surface area contributed by atoms with Crippen molar-refractivity contribution in [2.75, 3.05) is 24.3 Å². The lowest BCUT2D eigenvalue weighted by molar-refractivity contribution is 1.03. The molecule has 4 nitrogen and oxygen atoms in total. The molecule has 0 unspecified atom stereocenters. The van der Waals surface area contributed by atoms with Gasteiger partial charge in [-0.1, -0.05) is 25.1 Å². The molecule has 0 heterocycles. The number of benzene rings is 2. The van der Waals surface area contributed by atoms with E-state index in [1.807, 2.05) is 26.2 Å². The van der Waals surface area contributed by atoms with Crippen LogP contribution in [-0.2, 0) is 13.0 Å². The van der Waals surface area contributed by atoms with Gasteiger partial charge in [-0.15, -0.1) is 0 Å². The number of nitrogens with two attached hydrogens (primary N) is 1. The number of nitrogens with one attached hydrogen (secondary N) is 1. The third kappa shape index (κ3) is 4.74. The van der Waals surface area contributed by atoms with Gasteiger partial charge in [0.05, 0.1) is 6.54 Å². The quantitative estimate of drug-likeness (QED) is 0.656. The molecular weight excluding hydrogens is 284 g/mol. The lowest BCUT2D eigenvalue weighted by Crippen LogP contribution is -2.22. The molecule has 2 aromatic carbocycles. The zero-order valence-corrected chi connectivity index (χ0v) is 14.4. The molecule has 0 aliphatic carbocycles. The predicted octanol–water partition coefficient (Wildman–Crippen LogP) is 3.55. The minimum Gasteiger partial charge on any atom is -0.378 e. The molecule has 122 valence electrons. The number of anilines is 2. The average Bonchev–Trinajstić information content (AvgIpc) is 2.53. The summed E-state index contributed by atoms with van der Waals surface area (Å²) >= 11 is 0. The number of rotatable bonds is 5. The monoisotopic (exact) mass is 310 g/mol. The Kier molecular flexibility index (Phi) is 5.63. The van der Waals surface area contributed by atoms with Gasteiger partial charge < -0.3 is 16.0 Å². The highest BCUT2D eigenvalue weighted by Crippen LogP contribution is 2.18. The summed E-state index contributed by atoms with van der Waals surface area (Å²) in [4.78, 5) is 6.54. The largest absolute Gasteiger partial charge is 0.378 e. The van der Waals surface area contributed by atoms with Crippen LogP contribution in [0.4, 0.5) is 11.4 Å². The molecule has 0 spiro atoms. The van der Waals surface area contributed by atoms with Crippen LogP contribution in [-0.4, -0.2) is 20.1 Å². The Morgan fingerprint density at radius 3 is 2.61 bits per heavy atom. The van der Waals surface area contributed by atoms with Gasteiger partial charge in [0.15, 0.2) is 5.96 Å². The van der Waals surface area contributed by atoms with E-state index in [0.29, 0.717) is 12.5 Å². The summed E-state index contributed by atoms with van der Waals surface area (Å²) in [5, 5.41) is 3.16. The summed E-state index contributed by atoms with van der Waals surface area (Å²) < 4.78 is 0. The smallest absolute Gasteiger partial charge is 0.193 e. The summed E-state index contributed by atoms with van der Waals surface area (Å²) in [6.45, 7) is 4.81. The minimum absolute atomic E-state index is 0.439. The van der Waals surface area contributed by atoms with Crippen LogP contribution < -0.4 is 16.0 Å². The van der Waals surface area contributed by atoms with Gasteiger partial charge in [0.1, 0.15) is 0 Å². The Balaban J connectivity index is 2.04. The Labute approximate surface area is 139 Å². The molecule has 0 aromatic heterocycles. The van der Waals surface area contributed by atoms with Crippen molar-refractivity contribution >= 4 is 17.3 Å². The van der Waals surface area contributed by atoms with Crippen molar-refractivity contribution in [2.24, 2.45) is 10.7 Å². The number of aliphatic imine (C=N–C) groups is 1. The van der Waals surface area contributed by atoms with Crippen LogP contribution in [0.15, 0.2) is 47.5 Å². The molecule has 0 atom stereocenters. The minimum atomic E-state index is 0.439. The van der Waals surface area contributed by atoms with Crippen LogP contribution in [0, 0.1) is 6.92 Å².